The number of rotatable bonds is 3. The number of hydrogen-bond acceptors (Lipinski definition) is 4. The SMILES string of the molecule is CNc1ccc(C(=O)N2CCN(c3cccc(C)c3)CC2)cn1. The predicted octanol–water partition coefficient (Wildman–Crippen LogP) is 2.39. The number of carbonyl (C=O) groups excluding carboxylic acids is 1. The number of amides is 1. The highest BCUT2D eigenvalue weighted by Gasteiger charge is 2.22. The number of nitrogens with one attached hydrogen (secondary N) is 1. The van der Waals surface area contributed by atoms with Gasteiger partial charge < -0.3 is 15.1 Å². The van der Waals surface area contributed by atoms with Crippen molar-refractivity contribution >= 4 is 17.4 Å². The van der Waals surface area contributed by atoms with Gasteiger partial charge in [0, 0.05) is 45.1 Å². The lowest BCUT2D eigenvalue weighted by molar-refractivity contribution is 0.0746. The quantitative estimate of drug-likeness (QED) is 0.946. The summed E-state index contributed by atoms with van der Waals surface area (Å²) in [6.45, 7) is 5.29. The van der Waals surface area contributed by atoms with Crippen molar-refractivity contribution < 1.29 is 4.79 Å². The number of nitrogens with zero attached hydrogens (tertiary/aromatic N) is 3. The van der Waals surface area contributed by atoms with Crippen LogP contribution in [0.1, 0.15) is 15.9 Å². The van der Waals surface area contributed by atoms with Crippen molar-refractivity contribution in [1.29, 1.82) is 0 Å². The number of pyridine rings is 1. The molecule has 1 aromatic heterocycles. The van der Waals surface area contributed by atoms with Gasteiger partial charge in [-0.25, -0.2) is 4.98 Å². The molecule has 0 bridgehead atoms. The van der Waals surface area contributed by atoms with Crippen molar-refractivity contribution in [1.82, 2.24) is 9.88 Å². The maximum atomic E-state index is 12.5. The lowest BCUT2D eigenvalue weighted by Crippen LogP contribution is -2.48. The summed E-state index contributed by atoms with van der Waals surface area (Å²) >= 11 is 0. The second kappa shape index (κ2) is 6.69. The first kappa shape index (κ1) is 15.3. The van der Waals surface area contributed by atoms with Gasteiger partial charge in [-0.1, -0.05) is 12.1 Å². The molecule has 2 heterocycles. The highest BCUT2D eigenvalue weighted by atomic mass is 16.2. The van der Waals surface area contributed by atoms with Crippen LogP contribution in [-0.2, 0) is 0 Å². The molecule has 23 heavy (non-hydrogen) atoms. The lowest BCUT2D eigenvalue weighted by atomic mass is 10.1. The average molecular weight is 310 g/mol. The molecule has 0 spiro atoms. The molecule has 1 aliphatic rings. The van der Waals surface area contributed by atoms with Gasteiger partial charge in [-0.3, -0.25) is 4.79 Å². The molecular weight excluding hydrogens is 288 g/mol. The van der Waals surface area contributed by atoms with Crippen molar-refractivity contribution in [2.24, 2.45) is 0 Å². The number of hydrogen-bond donors (Lipinski definition) is 1. The van der Waals surface area contributed by atoms with E-state index in [4.69, 9.17) is 0 Å². The first-order chi connectivity index (χ1) is 11.2. The zero-order chi connectivity index (χ0) is 16.2. The lowest BCUT2D eigenvalue weighted by Gasteiger charge is -2.36. The van der Waals surface area contributed by atoms with Gasteiger partial charge in [-0.05, 0) is 36.8 Å². The van der Waals surface area contributed by atoms with E-state index >= 15 is 0 Å². The second-order valence-electron chi connectivity index (χ2n) is 5.80. The molecule has 1 aliphatic heterocycles. The van der Waals surface area contributed by atoms with E-state index in [2.05, 4.69) is 46.4 Å². The van der Waals surface area contributed by atoms with Crippen LogP contribution in [0.15, 0.2) is 42.6 Å². The van der Waals surface area contributed by atoms with Gasteiger partial charge in [0.05, 0.1) is 5.56 Å². The minimum Gasteiger partial charge on any atom is -0.373 e. The van der Waals surface area contributed by atoms with Gasteiger partial charge in [-0.2, -0.15) is 0 Å². The maximum absolute atomic E-state index is 12.5. The van der Waals surface area contributed by atoms with Crippen LogP contribution in [0.3, 0.4) is 0 Å². The summed E-state index contributed by atoms with van der Waals surface area (Å²) in [6, 6.07) is 12.2. The standard InChI is InChI=1S/C18H22N4O/c1-14-4-3-5-16(12-14)21-8-10-22(11-9-21)18(23)15-6-7-17(19-2)20-13-15/h3-7,12-13H,8-11H2,1-2H3,(H,19,20). The highest BCUT2D eigenvalue weighted by molar-refractivity contribution is 5.94. The summed E-state index contributed by atoms with van der Waals surface area (Å²) < 4.78 is 0. The van der Waals surface area contributed by atoms with E-state index in [9.17, 15) is 4.79 Å². The average Bonchev–Trinajstić information content (AvgIpc) is 2.61. The Kier molecular flexibility index (Phi) is 4.46. The van der Waals surface area contributed by atoms with E-state index in [0.29, 0.717) is 5.56 Å². The molecular formula is C18H22N4O. The van der Waals surface area contributed by atoms with E-state index in [1.807, 2.05) is 24.1 Å². The Morgan fingerprint density at radius 2 is 1.91 bits per heavy atom. The number of anilines is 2. The largest absolute Gasteiger partial charge is 0.373 e. The first-order valence-electron chi connectivity index (χ1n) is 7.92. The van der Waals surface area contributed by atoms with Crippen molar-refractivity contribution in [3.8, 4) is 0 Å². The van der Waals surface area contributed by atoms with Crippen LogP contribution in [-0.4, -0.2) is 49.0 Å². The number of aryl methyl sites for hydroxylation is 1. The Morgan fingerprint density at radius 3 is 2.52 bits per heavy atom. The molecule has 0 radical (unpaired) electrons. The molecule has 0 unspecified atom stereocenters. The summed E-state index contributed by atoms with van der Waals surface area (Å²) in [6.07, 6.45) is 1.64. The second-order valence-corrected chi connectivity index (χ2v) is 5.80. The van der Waals surface area contributed by atoms with E-state index in [0.717, 1.165) is 32.0 Å². The Balaban J connectivity index is 1.62. The van der Waals surface area contributed by atoms with Gasteiger partial charge in [0.25, 0.3) is 5.91 Å². The Hall–Kier alpha value is -2.56. The van der Waals surface area contributed by atoms with Crippen LogP contribution < -0.4 is 10.2 Å². The number of carbonyl (C=O) groups is 1. The molecule has 3 rings (SSSR count). The summed E-state index contributed by atoms with van der Waals surface area (Å²) in [5, 5.41) is 2.96. The molecule has 0 atom stereocenters. The van der Waals surface area contributed by atoms with Crippen LogP contribution in [0.25, 0.3) is 0 Å². The third-order valence-corrected chi connectivity index (χ3v) is 4.20. The molecule has 1 amide bonds. The molecule has 1 N–H and O–H groups in total. The van der Waals surface area contributed by atoms with Gasteiger partial charge >= 0.3 is 0 Å². The Labute approximate surface area is 136 Å². The molecule has 0 saturated carbocycles. The Morgan fingerprint density at radius 1 is 1.13 bits per heavy atom. The normalized spacial score (nSPS) is 14.7. The van der Waals surface area contributed by atoms with E-state index < -0.39 is 0 Å². The molecule has 5 nitrogen and oxygen atoms in total. The highest BCUT2D eigenvalue weighted by Crippen LogP contribution is 2.18. The van der Waals surface area contributed by atoms with E-state index in [-0.39, 0.29) is 5.91 Å². The predicted molar refractivity (Wildman–Crippen MR) is 93.1 cm³/mol. The number of aromatic nitrogens is 1. The fourth-order valence-corrected chi connectivity index (χ4v) is 2.84. The zero-order valence-corrected chi connectivity index (χ0v) is 13.6. The summed E-state index contributed by atoms with van der Waals surface area (Å²) in [4.78, 5) is 21.0. The van der Waals surface area contributed by atoms with Crippen molar-refractivity contribution in [3.63, 3.8) is 0 Å². The molecule has 1 aromatic carbocycles. The van der Waals surface area contributed by atoms with Gasteiger partial charge in [0.2, 0.25) is 0 Å². The van der Waals surface area contributed by atoms with Crippen LogP contribution in [0.2, 0.25) is 0 Å². The molecule has 0 aliphatic carbocycles. The van der Waals surface area contributed by atoms with Crippen LogP contribution in [0.4, 0.5) is 11.5 Å². The van der Waals surface area contributed by atoms with Crippen LogP contribution in [0, 0.1) is 6.92 Å². The minimum atomic E-state index is 0.0593. The van der Waals surface area contributed by atoms with Crippen LogP contribution >= 0.6 is 0 Å². The van der Waals surface area contributed by atoms with E-state index in [1.165, 1.54) is 11.3 Å². The van der Waals surface area contributed by atoms with Crippen molar-refractivity contribution in [2.45, 2.75) is 6.92 Å². The molecule has 5 heteroatoms. The first-order valence-corrected chi connectivity index (χ1v) is 7.92. The maximum Gasteiger partial charge on any atom is 0.255 e. The summed E-state index contributed by atoms with van der Waals surface area (Å²) in [7, 11) is 1.81. The Bertz CT molecular complexity index is 676. The minimum absolute atomic E-state index is 0.0593. The van der Waals surface area contributed by atoms with Crippen molar-refractivity contribution in [2.75, 3.05) is 43.4 Å². The summed E-state index contributed by atoms with van der Waals surface area (Å²) in [5.74, 6) is 0.829. The third kappa shape index (κ3) is 3.44. The third-order valence-electron chi connectivity index (χ3n) is 4.20. The monoisotopic (exact) mass is 310 g/mol. The smallest absolute Gasteiger partial charge is 0.255 e. The van der Waals surface area contributed by atoms with Crippen LogP contribution in [0.5, 0.6) is 0 Å². The van der Waals surface area contributed by atoms with Crippen molar-refractivity contribution in [3.05, 3.63) is 53.7 Å². The summed E-state index contributed by atoms with van der Waals surface area (Å²) in [5.41, 5.74) is 3.14. The number of piperazine rings is 1. The molecule has 2 aromatic rings. The van der Waals surface area contributed by atoms with E-state index in [1.54, 1.807) is 6.20 Å². The fourth-order valence-electron chi connectivity index (χ4n) is 2.84. The number of benzene rings is 1. The van der Waals surface area contributed by atoms with Gasteiger partial charge in [0.1, 0.15) is 5.82 Å². The molecule has 120 valence electrons. The topological polar surface area (TPSA) is 48.5 Å². The van der Waals surface area contributed by atoms with Gasteiger partial charge in [0.15, 0.2) is 0 Å². The molecule has 1 fully saturated rings. The zero-order valence-electron chi connectivity index (χ0n) is 13.6. The fraction of sp³-hybridized carbons (Fsp3) is 0.333. The molecule has 1 saturated heterocycles. The van der Waals surface area contributed by atoms with Gasteiger partial charge in [-0.15, -0.1) is 0 Å².